The maximum absolute atomic E-state index is 5.99. The Hall–Kier alpha value is -1.17. The molecule has 2 N–H and O–H groups in total. The predicted octanol–water partition coefficient (Wildman–Crippen LogP) is 4.62. The van der Waals surface area contributed by atoms with Crippen LogP contribution >= 0.6 is 39.3 Å². The van der Waals surface area contributed by atoms with E-state index in [2.05, 4.69) is 20.9 Å². The van der Waals surface area contributed by atoms with Crippen molar-refractivity contribution in [2.45, 2.75) is 10.6 Å². The Morgan fingerprint density at radius 1 is 1.25 bits per heavy atom. The average Bonchev–Trinajstić information content (AvgIpc) is 2.79. The number of anilines is 1. The van der Waals surface area contributed by atoms with Crippen LogP contribution in [0.2, 0.25) is 5.02 Å². The van der Waals surface area contributed by atoms with Crippen LogP contribution in [0.3, 0.4) is 0 Å². The summed E-state index contributed by atoms with van der Waals surface area (Å²) < 4.78 is 2.92. The molecule has 0 unspecified atom stereocenters. The quantitative estimate of drug-likeness (QED) is 0.541. The molecule has 0 aliphatic rings. The number of aromatic nitrogens is 2. The maximum atomic E-state index is 5.99. The van der Waals surface area contributed by atoms with Gasteiger partial charge in [-0.1, -0.05) is 27.5 Å². The van der Waals surface area contributed by atoms with Crippen LogP contribution in [0.5, 0.6) is 0 Å². The highest BCUT2D eigenvalue weighted by Gasteiger charge is 2.05. The molecule has 6 heteroatoms. The average molecular weight is 369 g/mol. The van der Waals surface area contributed by atoms with E-state index >= 15 is 0 Å². The molecule has 2 heterocycles. The lowest BCUT2D eigenvalue weighted by atomic mass is 10.3. The number of rotatable bonds is 3. The van der Waals surface area contributed by atoms with Gasteiger partial charge in [-0.05, 0) is 30.3 Å². The van der Waals surface area contributed by atoms with Crippen LogP contribution in [0.1, 0.15) is 5.69 Å². The number of fused-ring (bicyclic) bond motifs is 1. The summed E-state index contributed by atoms with van der Waals surface area (Å²) >= 11 is 11.0. The van der Waals surface area contributed by atoms with Gasteiger partial charge in [0.15, 0.2) is 0 Å². The highest BCUT2D eigenvalue weighted by molar-refractivity contribution is 9.10. The Labute approximate surface area is 134 Å². The van der Waals surface area contributed by atoms with Crippen LogP contribution in [-0.4, -0.2) is 9.38 Å². The fourth-order valence-electron chi connectivity index (χ4n) is 1.89. The van der Waals surface area contributed by atoms with E-state index in [1.54, 1.807) is 11.8 Å². The van der Waals surface area contributed by atoms with Crippen LogP contribution in [-0.2, 0) is 5.75 Å². The van der Waals surface area contributed by atoms with Gasteiger partial charge in [0.2, 0.25) is 0 Å². The molecule has 0 radical (unpaired) electrons. The molecule has 0 amide bonds. The molecule has 0 aliphatic heterocycles. The monoisotopic (exact) mass is 367 g/mol. The second-order valence-electron chi connectivity index (χ2n) is 4.32. The van der Waals surface area contributed by atoms with E-state index < -0.39 is 0 Å². The largest absolute Gasteiger partial charge is 0.398 e. The van der Waals surface area contributed by atoms with Gasteiger partial charge in [0.1, 0.15) is 5.65 Å². The Morgan fingerprint density at radius 3 is 2.90 bits per heavy atom. The number of benzene rings is 1. The molecule has 0 spiro atoms. The highest BCUT2D eigenvalue weighted by Crippen LogP contribution is 2.30. The summed E-state index contributed by atoms with van der Waals surface area (Å²) in [4.78, 5) is 5.61. The summed E-state index contributed by atoms with van der Waals surface area (Å²) in [5, 5.41) is 0.700. The molecule has 3 aromatic rings. The van der Waals surface area contributed by atoms with E-state index in [-0.39, 0.29) is 0 Å². The van der Waals surface area contributed by atoms with Gasteiger partial charge in [0.25, 0.3) is 0 Å². The van der Waals surface area contributed by atoms with E-state index in [0.29, 0.717) is 5.02 Å². The molecule has 102 valence electrons. The number of nitrogens with two attached hydrogens (primary N) is 1. The minimum atomic E-state index is 0.700. The van der Waals surface area contributed by atoms with Crippen molar-refractivity contribution < 1.29 is 0 Å². The highest BCUT2D eigenvalue weighted by atomic mass is 79.9. The summed E-state index contributed by atoms with van der Waals surface area (Å²) in [7, 11) is 0. The number of hydrogen-bond donors (Lipinski definition) is 1. The molecule has 20 heavy (non-hydrogen) atoms. The number of halogens is 2. The molecule has 2 aromatic heterocycles. The number of thioether (sulfide) groups is 1. The lowest BCUT2D eigenvalue weighted by Gasteiger charge is -2.04. The first kappa shape index (κ1) is 13.8. The third-order valence-corrected chi connectivity index (χ3v) is 4.65. The maximum Gasteiger partial charge on any atom is 0.137 e. The standard InChI is InChI=1S/C14H11BrClN3S/c15-9-1-3-13(12(17)5-9)20-8-11-7-19-6-10(16)2-4-14(19)18-11/h1-7H,8,17H2. The van der Waals surface area contributed by atoms with Gasteiger partial charge >= 0.3 is 0 Å². The van der Waals surface area contributed by atoms with Crippen molar-refractivity contribution in [3.05, 3.63) is 57.9 Å². The first-order chi connectivity index (χ1) is 9.61. The topological polar surface area (TPSA) is 43.3 Å². The fourth-order valence-corrected chi connectivity index (χ4v) is 3.27. The molecule has 0 aliphatic carbocycles. The Kier molecular flexibility index (Phi) is 3.92. The van der Waals surface area contributed by atoms with Crippen LogP contribution in [0, 0.1) is 0 Å². The van der Waals surface area contributed by atoms with E-state index in [1.165, 1.54) is 0 Å². The van der Waals surface area contributed by atoms with Gasteiger partial charge in [-0.25, -0.2) is 4.98 Å². The first-order valence-electron chi connectivity index (χ1n) is 5.93. The molecule has 3 rings (SSSR count). The summed E-state index contributed by atoms with van der Waals surface area (Å²) in [6, 6.07) is 9.66. The van der Waals surface area contributed by atoms with Crippen LogP contribution < -0.4 is 5.73 Å². The van der Waals surface area contributed by atoms with Crippen LogP contribution in [0.15, 0.2) is 52.1 Å². The normalized spacial score (nSPS) is 11.1. The lowest BCUT2D eigenvalue weighted by molar-refractivity contribution is 1.18. The second-order valence-corrected chi connectivity index (χ2v) is 6.69. The summed E-state index contributed by atoms with van der Waals surface area (Å²) in [6.07, 6.45) is 3.84. The molecule has 0 atom stereocenters. The zero-order valence-electron chi connectivity index (χ0n) is 10.4. The number of hydrogen-bond acceptors (Lipinski definition) is 3. The number of nitrogens with zero attached hydrogens (tertiary/aromatic N) is 2. The van der Waals surface area contributed by atoms with Crippen molar-refractivity contribution in [3.8, 4) is 0 Å². The van der Waals surface area contributed by atoms with Crippen molar-refractivity contribution in [3.63, 3.8) is 0 Å². The first-order valence-corrected chi connectivity index (χ1v) is 8.08. The molecule has 0 saturated carbocycles. The van der Waals surface area contributed by atoms with Gasteiger partial charge in [0.05, 0.1) is 10.7 Å². The van der Waals surface area contributed by atoms with Gasteiger partial charge < -0.3 is 10.1 Å². The zero-order valence-corrected chi connectivity index (χ0v) is 13.5. The molecule has 3 nitrogen and oxygen atoms in total. The summed E-state index contributed by atoms with van der Waals surface area (Å²) in [5.41, 5.74) is 8.66. The van der Waals surface area contributed by atoms with E-state index in [1.807, 2.05) is 47.1 Å². The van der Waals surface area contributed by atoms with E-state index in [0.717, 1.165) is 32.1 Å². The number of nitrogen functional groups attached to an aromatic ring is 1. The number of pyridine rings is 1. The van der Waals surface area contributed by atoms with Crippen molar-refractivity contribution in [1.82, 2.24) is 9.38 Å². The Balaban J connectivity index is 1.79. The van der Waals surface area contributed by atoms with Crippen LogP contribution in [0.25, 0.3) is 5.65 Å². The van der Waals surface area contributed by atoms with E-state index in [9.17, 15) is 0 Å². The third-order valence-electron chi connectivity index (χ3n) is 2.81. The lowest BCUT2D eigenvalue weighted by Crippen LogP contribution is -1.89. The Morgan fingerprint density at radius 2 is 2.10 bits per heavy atom. The fraction of sp³-hybridized carbons (Fsp3) is 0.0714. The predicted molar refractivity (Wildman–Crippen MR) is 88.3 cm³/mol. The minimum Gasteiger partial charge on any atom is -0.398 e. The molecule has 0 saturated heterocycles. The molecular formula is C14H11BrClN3S. The molecule has 0 fully saturated rings. The summed E-state index contributed by atoms with van der Waals surface area (Å²) in [5.74, 6) is 0.769. The summed E-state index contributed by atoms with van der Waals surface area (Å²) in [6.45, 7) is 0. The van der Waals surface area contributed by atoms with Crippen molar-refractivity contribution >= 4 is 50.6 Å². The van der Waals surface area contributed by atoms with Crippen molar-refractivity contribution in [1.29, 1.82) is 0 Å². The molecule has 0 bridgehead atoms. The SMILES string of the molecule is Nc1cc(Br)ccc1SCc1cn2cc(Cl)ccc2n1. The van der Waals surface area contributed by atoms with Crippen LogP contribution in [0.4, 0.5) is 5.69 Å². The molecular weight excluding hydrogens is 358 g/mol. The van der Waals surface area contributed by atoms with Gasteiger partial charge in [-0.2, -0.15) is 0 Å². The minimum absolute atomic E-state index is 0.700. The van der Waals surface area contributed by atoms with Gasteiger partial charge in [-0.3, -0.25) is 0 Å². The smallest absolute Gasteiger partial charge is 0.137 e. The molecule has 1 aromatic carbocycles. The third kappa shape index (κ3) is 2.95. The second kappa shape index (κ2) is 5.68. The zero-order chi connectivity index (χ0) is 14.1. The Bertz CT molecular complexity index is 772. The van der Waals surface area contributed by atoms with Gasteiger partial charge in [-0.15, -0.1) is 11.8 Å². The van der Waals surface area contributed by atoms with Crippen molar-refractivity contribution in [2.24, 2.45) is 0 Å². The van der Waals surface area contributed by atoms with Gasteiger partial charge in [0, 0.05) is 33.2 Å². The van der Waals surface area contributed by atoms with E-state index in [4.69, 9.17) is 17.3 Å². The number of imidazole rings is 1. The van der Waals surface area contributed by atoms with Crippen molar-refractivity contribution in [2.75, 3.05) is 5.73 Å².